The summed E-state index contributed by atoms with van der Waals surface area (Å²) < 4.78 is 5.47. The van der Waals surface area contributed by atoms with Gasteiger partial charge in [-0.25, -0.2) is 9.78 Å². The van der Waals surface area contributed by atoms with Crippen LogP contribution in [-0.4, -0.2) is 35.3 Å². The van der Waals surface area contributed by atoms with Gasteiger partial charge in [-0.05, 0) is 31.4 Å². The molecule has 2 rings (SSSR count). The number of hydrogen-bond acceptors (Lipinski definition) is 4. The minimum absolute atomic E-state index is 0.166. The highest BCUT2D eigenvalue weighted by Gasteiger charge is 2.18. The second-order valence-corrected chi connectivity index (χ2v) is 4.17. The van der Waals surface area contributed by atoms with Gasteiger partial charge in [0.25, 0.3) is 0 Å². The standard InChI is InChI=1S/C12H16N2O3/c1-8-4-5-13-11(10(8)12(15)16)14-7-9-3-2-6-17-9/h4-5,9H,2-3,6-7H2,1H3,(H,13,14)(H,15,16). The lowest BCUT2D eigenvalue weighted by atomic mass is 10.1. The van der Waals surface area contributed by atoms with Gasteiger partial charge in [0.1, 0.15) is 11.4 Å². The molecule has 0 amide bonds. The number of nitrogens with zero attached hydrogens (tertiary/aromatic N) is 1. The van der Waals surface area contributed by atoms with E-state index in [-0.39, 0.29) is 11.7 Å². The van der Waals surface area contributed by atoms with Crippen LogP contribution in [0.3, 0.4) is 0 Å². The summed E-state index contributed by atoms with van der Waals surface area (Å²) in [5.74, 6) is -0.529. The summed E-state index contributed by atoms with van der Waals surface area (Å²) in [6, 6.07) is 1.70. The molecule has 92 valence electrons. The molecular weight excluding hydrogens is 220 g/mol. The maximum Gasteiger partial charge on any atom is 0.339 e. The van der Waals surface area contributed by atoms with E-state index in [1.807, 2.05) is 0 Å². The predicted molar refractivity (Wildman–Crippen MR) is 63.4 cm³/mol. The van der Waals surface area contributed by atoms with Gasteiger partial charge in [0.2, 0.25) is 0 Å². The van der Waals surface area contributed by atoms with Crippen molar-refractivity contribution in [1.29, 1.82) is 0 Å². The van der Waals surface area contributed by atoms with E-state index in [2.05, 4.69) is 10.3 Å². The summed E-state index contributed by atoms with van der Waals surface area (Å²) in [5.41, 5.74) is 0.952. The normalized spacial score (nSPS) is 19.2. The summed E-state index contributed by atoms with van der Waals surface area (Å²) >= 11 is 0. The van der Waals surface area contributed by atoms with Crippen LogP contribution in [0, 0.1) is 6.92 Å². The number of aromatic nitrogens is 1. The number of carbonyl (C=O) groups is 1. The van der Waals surface area contributed by atoms with Gasteiger partial charge in [-0.1, -0.05) is 0 Å². The highest BCUT2D eigenvalue weighted by Crippen LogP contribution is 2.18. The molecule has 0 aromatic carbocycles. The molecule has 0 saturated carbocycles. The van der Waals surface area contributed by atoms with Crippen molar-refractivity contribution in [2.75, 3.05) is 18.5 Å². The van der Waals surface area contributed by atoms with Crippen molar-refractivity contribution >= 4 is 11.8 Å². The number of carboxylic acid groups (broad SMARTS) is 1. The summed E-state index contributed by atoms with van der Waals surface area (Å²) in [7, 11) is 0. The predicted octanol–water partition coefficient (Wildman–Crippen LogP) is 1.68. The number of aryl methyl sites for hydroxylation is 1. The van der Waals surface area contributed by atoms with E-state index in [4.69, 9.17) is 9.84 Å². The van der Waals surface area contributed by atoms with Gasteiger partial charge in [0, 0.05) is 19.3 Å². The Bertz CT molecular complexity index is 414. The number of anilines is 1. The topological polar surface area (TPSA) is 71.5 Å². The monoisotopic (exact) mass is 236 g/mol. The third kappa shape index (κ3) is 2.74. The maximum absolute atomic E-state index is 11.1. The Hall–Kier alpha value is -1.62. The lowest BCUT2D eigenvalue weighted by Gasteiger charge is -2.13. The zero-order chi connectivity index (χ0) is 12.3. The van der Waals surface area contributed by atoms with E-state index in [0.717, 1.165) is 19.4 Å². The number of ether oxygens (including phenoxy) is 1. The highest BCUT2D eigenvalue weighted by molar-refractivity contribution is 5.94. The van der Waals surface area contributed by atoms with Crippen molar-refractivity contribution in [2.45, 2.75) is 25.9 Å². The van der Waals surface area contributed by atoms with Gasteiger partial charge in [-0.3, -0.25) is 0 Å². The molecule has 1 unspecified atom stereocenters. The van der Waals surface area contributed by atoms with Crippen LogP contribution in [0.5, 0.6) is 0 Å². The molecule has 1 fully saturated rings. The van der Waals surface area contributed by atoms with Crippen molar-refractivity contribution in [2.24, 2.45) is 0 Å². The van der Waals surface area contributed by atoms with Gasteiger partial charge in [0.15, 0.2) is 0 Å². The van der Waals surface area contributed by atoms with Crippen LogP contribution in [0.2, 0.25) is 0 Å². The van der Waals surface area contributed by atoms with Crippen molar-refractivity contribution in [1.82, 2.24) is 4.98 Å². The van der Waals surface area contributed by atoms with E-state index >= 15 is 0 Å². The third-order valence-corrected chi connectivity index (χ3v) is 2.89. The second-order valence-electron chi connectivity index (χ2n) is 4.17. The van der Waals surface area contributed by atoms with E-state index in [9.17, 15) is 4.79 Å². The lowest BCUT2D eigenvalue weighted by Crippen LogP contribution is -2.20. The number of carboxylic acids is 1. The van der Waals surface area contributed by atoms with Gasteiger partial charge in [0.05, 0.1) is 6.10 Å². The quantitative estimate of drug-likeness (QED) is 0.832. The maximum atomic E-state index is 11.1. The number of aromatic carboxylic acids is 1. The summed E-state index contributed by atoms with van der Waals surface area (Å²) in [6.45, 7) is 3.17. The molecule has 17 heavy (non-hydrogen) atoms. The zero-order valence-corrected chi connectivity index (χ0v) is 9.77. The fourth-order valence-electron chi connectivity index (χ4n) is 1.98. The van der Waals surface area contributed by atoms with Gasteiger partial charge in [-0.15, -0.1) is 0 Å². The van der Waals surface area contributed by atoms with Gasteiger partial charge < -0.3 is 15.2 Å². The molecule has 1 aromatic rings. The largest absolute Gasteiger partial charge is 0.478 e. The second kappa shape index (κ2) is 5.14. The Morgan fingerprint density at radius 3 is 3.18 bits per heavy atom. The van der Waals surface area contributed by atoms with Crippen LogP contribution in [-0.2, 0) is 4.74 Å². The van der Waals surface area contributed by atoms with E-state index in [0.29, 0.717) is 17.9 Å². The molecule has 1 aliphatic rings. The van der Waals surface area contributed by atoms with E-state index in [1.54, 1.807) is 19.2 Å². The molecule has 1 aromatic heterocycles. The molecule has 2 heterocycles. The van der Waals surface area contributed by atoms with Crippen LogP contribution >= 0.6 is 0 Å². The first-order valence-electron chi connectivity index (χ1n) is 5.73. The first-order chi connectivity index (χ1) is 8.18. The van der Waals surface area contributed by atoms with Crippen LogP contribution in [0.1, 0.15) is 28.8 Å². The Kier molecular flexibility index (Phi) is 3.58. The van der Waals surface area contributed by atoms with Crippen molar-refractivity contribution < 1.29 is 14.6 Å². The molecular formula is C12H16N2O3. The van der Waals surface area contributed by atoms with Crippen LogP contribution in [0.25, 0.3) is 0 Å². The minimum atomic E-state index is -0.953. The van der Waals surface area contributed by atoms with Crippen LogP contribution < -0.4 is 5.32 Å². The molecule has 2 N–H and O–H groups in total. The van der Waals surface area contributed by atoms with Crippen molar-refractivity contribution in [3.05, 3.63) is 23.4 Å². The lowest BCUT2D eigenvalue weighted by molar-refractivity contribution is 0.0696. The first kappa shape index (κ1) is 11.9. The molecule has 5 nitrogen and oxygen atoms in total. The number of pyridine rings is 1. The Labute approximate surface area is 99.8 Å². The zero-order valence-electron chi connectivity index (χ0n) is 9.77. The Morgan fingerprint density at radius 1 is 1.71 bits per heavy atom. The first-order valence-corrected chi connectivity index (χ1v) is 5.73. The Morgan fingerprint density at radius 2 is 2.53 bits per heavy atom. The third-order valence-electron chi connectivity index (χ3n) is 2.89. The van der Waals surface area contributed by atoms with Crippen molar-refractivity contribution in [3.63, 3.8) is 0 Å². The fourth-order valence-corrected chi connectivity index (χ4v) is 1.98. The minimum Gasteiger partial charge on any atom is -0.478 e. The fraction of sp³-hybridized carbons (Fsp3) is 0.500. The van der Waals surface area contributed by atoms with E-state index < -0.39 is 5.97 Å². The molecule has 1 atom stereocenters. The highest BCUT2D eigenvalue weighted by atomic mass is 16.5. The summed E-state index contributed by atoms with van der Waals surface area (Å²) in [6.07, 6.45) is 3.86. The molecule has 0 aliphatic carbocycles. The molecule has 0 radical (unpaired) electrons. The summed E-state index contributed by atoms with van der Waals surface area (Å²) in [5, 5.41) is 12.2. The van der Waals surface area contributed by atoms with E-state index in [1.165, 1.54) is 0 Å². The van der Waals surface area contributed by atoms with Crippen LogP contribution in [0.15, 0.2) is 12.3 Å². The molecule has 1 saturated heterocycles. The molecule has 5 heteroatoms. The van der Waals surface area contributed by atoms with Gasteiger partial charge in [-0.2, -0.15) is 0 Å². The number of rotatable bonds is 4. The molecule has 0 bridgehead atoms. The van der Waals surface area contributed by atoms with Crippen molar-refractivity contribution in [3.8, 4) is 0 Å². The number of hydrogen-bond donors (Lipinski definition) is 2. The van der Waals surface area contributed by atoms with Crippen LogP contribution in [0.4, 0.5) is 5.82 Å². The smallest absolute Gasteiger partial charge is 0.339 e. The SMILES string of the molecule is Cc1ccnc(NCC2CCCO2)c1C(=O)O. The molecule has 1 aliphatic heterocycles. The number of nitrogens with one attached hydrogen (secondary N) is 1. The molecule has 0 spiro atoms. The average molecular weight is 236 g/mol. The summed E-state index contributed by atoms with van der Waals surface area (Å²) in [4.78, 5) is 15.2. The average Bonchev–Trinajstić information content (AvgIpc) is 2.78. The van der Waals surface area contributed by atoms with Gasteiger partial charge >= 0.3 is 5.97 Å². The Balaban J connectivity index is 2.09.